The molecule has 5 heteroatoms. The number of hydrogen-bond acceptors (Lipinski definition) is 3. The Balaban J connectivity index is 1.89. The van der Waals surface area contributed by atoms with E-state index in [1.165, 1.54) is 0 Å². The number of halogens is 1. The Morgan fingerprint density at radius 1 is 1.24 bits per heavy atom. The average molecular weight is 346 g/mol. The number of rotatable bonds is 3. The Labute approximate surface area is 131 Å². The first-order valence-corrected chi connectivity index (χ1v) is 7.52. The Bertz CT molecular complexity index is 811. The second kappa shape index (κ2) is 5.48. The highest BCUT2D eigenvalue weighted by atomic mass is 79.9. The van der Waals surface area contributed by atoms with Crippen LogP contribution in [0.4, 0.5) is 0 Å². The highest BCUT2D eigenvalue weighted by Crippen LogP contribution is 2.24. The molecule has 2 aromatic heterocycles. The molecule has 0 amide bonds. The van der Waals surface area contributed by atoms with Crippen molar-refractivity contribution in [3.63, 3.8) is 0 Å². The van der Waals surface area contributed by atoms with Gasteiger partial charge in [0, 0.05) is 23.0 Å². The van der Waals surface area contributed by atoms with Gasteiger partial charge in [0.25, 0.3) is 0 Å². The molecule has 0 saturated heterocycles. The summed E-state index contributed by atoms with van der Waals surface area (Å²) in [5, 5.41) is 5.52. The van der Waals surface area contributed by atoms with E-state index < -0.39 is 0 Å². The molecule has 0 aliphatic heterocycles. The zero-order valence-corrected chi connectivity index (χ0v) is 13.8. The Morgan fingerprint density at radius 3 is 2.81 bits per heavy atom. The minimum Gasteiger partial charge on any atom is -0.473 e. The number of ether oxygens (including phenoxy) is 1. The zero-order chi connectivity index (χ0) is 15.0. The molecule has 1 aromatic carbocycles. The van der Waals surface area contributed by atoms with E-state index in [9.17, 15) is 0 Å². The van der Waals surface area contributed by atoms with E-state index in [2.05, 4.69) is 32.9 Å². The quantitative estimate of drug-likeness (QED) is 0.722. The predicted octanol–water partition coefficient (Wildman–Crippen LogP) is 3.93. The number of benzene rings is 1. The first kappa shape index (κ1) is 14.1. The highest BCUT2D eigenvalue weighted by Gasteiger charge is 2.11. The van der Waals surface area contributed by atoms with Gasteiger partial charge in [-0.2, -0.15) is 10.1 Å². The summed E-state index contributed by atoms with van der Waals surface area (Å²) in [7, 11) is 1.90. The van der Waals surface area contributed by atoms with E-state index in [1.54, 1.807) is 4.68 Å². The Hall–Kier alpha value is -1.88. The molecular formula is C16H16BrN3O. The van der Waals surface area contributed by atoms with Crippen LogP contribution in [-0.2, 0) is 13.7 Å². The third-order valence-electron chi connectivity index (χ3n) is 3.42. The monoisotopic (exact) mass is 345 g/mol. The van der Waals surface area contributed by atoms with E-state index >= 15 is 0 Å². The second-order valence-corrected chi connectivity index (χ2v) is 6.02. The minimum absolute atomic E-state index is 0.494. The third-order valence-corrected chi connectivity index (χ3v) is 3.91. The topological polar surface area (TPSA) is 39.9 Å². The van der Waals surface area contributed by atoms with Crippen LogP contribution in [0.15, 0.2) is 34.8 Å². The molecule has 3 aromatic rings. The van der Waals surface area contributed by atoms with Gasteiger partial charge in [-0.1, -0.05) is 28.1 Å². The van der Waals surface area contributed by atoms with Crippen molar-refractivity contribution in [1.82, 2.24) is 14.8 Å². The Morgan fingerprint density at radius 2 is 2.05 bits per heavy atom. The number of nitrogens with zero attached hydrogens (tertiary/aromatic N) is 3. The van der Waals surface area contributed by atoms with Gasteiger partial charge in [-0.15, -0.1) is 0 Å². The zero-order valence-electron chi connectivity index (χ0n) is 12.2. The molecule has 0 atom stereocenters. The van der Waals surface area contributed by atoms with Crippen molar-refractivity contribution >= 4 is 27.0 Å². The summed E-state index contributed by atoms with van der Waals surface area (Å²) in [6, 6.07) is 10.0. The minimum atomic E-state index is 0.494. The van der Waals surface area contributed by atoms with Gasteiger partial charge in [-0.25, -0.2) is 0 Å². The van der Waals surface area contributed by atoms with Gasteiger partial charge in [0.15, 0.2) is 5.65 Å². The standard InChI is InChI=1S/C16H16BrN3O/c1-10-7-14(18-16-15(10)11(2)19-20(16)3)21-9-12-5-4-6-13(17)8-12/h4-8H,9H2,1-3H3. The van der Waals surface area contributed by atoms with E-state index in [1.807, 2.05) is 44.3 Å². The molecule has 4 nitrogen and oxygen atoms in total. The highest BCUT2D eigenvalue weighted by molar-refractivity contribution is 9.10. The van der Waals surface area contributed by atoms with Crippen molar-refractivity contribution in [1.29, 1.82) is 0 Å². The Kier molecular flexibility index (Phi) is 3.68. The molecule has 0 unspecified atom stereocenters. The largest absolute Gasteiger partial charge is 0.473 e. The SMILES string of the molecule is Cc1cc(OCc2cccc(Br)c2)nc2c1c(C)nn2C. The summed E-state index contributed by atoms with van der Waals surface area (Å²) >= 11 is 3.46. The maximum atomic E-state index is 5.83. The van der Waals surface area contributed by atoms with Crippen molar-refractivity contribution in [2.45, 2.75) is 20.5 Å². The molecule has 0 fully saturated rings. The number of hydrogen-bond donors (Lipinski definition) is 0. The maximum absolute atomic E-state index is 5.83. The summed E-state index contributed by atoms with van der Waals surface area (Å²) in [4.78, 5) is 4.56. The summed E-state index contributed by atoms with van der Waals surface area (Å²) in [5.74, 6) is 0.628. The van der Waals surface area contributed by atoms with Crippen molar-refractivity contribution in [3.05, 3.63) is 51.6 Å². The molecule has 0 radical (unpaired) electrons. The predicted molar refractivity (Wildman–Crippen MR) is 86.5 cm³/mol. The fourth-order valence-corrected chi connectivity index (χ4v) is 2.93. The second-order valence-electron chi connectivity index (χ2n) is 5.10. The van der Waals surface area contributed by atoms with Gasteiger partial charge in [-0.05, 0) is 37.1 Å². The van der Waals surface area contributed by atoms with Gasteiger partial charge < -0.3 is 4.74 Å². The van der Waals surface area contributed by atoms with E-state index in [0.717, 1.165) is 32.3 Å². The van der Waals surface area contributed by atoms with Crippen molar-refractivity contribution in [2.75, 3.05) is 0 Å². The lowest BCUT2D eigenvalue weighted by Gasteiger charge is -2.08. The lowest BCUT2D eigenvalue weighted by Crippen LogP contribution is -1.99. The van der Waals surface area contributed by atoms with Gasteiger partial charge in [0.05, 0.1) is 5.69 Å². The molecular weight excluding hydrogens is 330 g/mol. The molecule has 0 saturated carbocycles. The van der Waals surface area contributed by atoms with Crippen LogP contribution in [-0.4, -0.2) is 14.8 Å². The summed E-state index contributed by atoms with van der Waals surface area (Å²) in [6.45, 7) is 4.55. The normalized spacial score (nSPS) is 11.0. The summed E-state index contributed by atoms with van der Waals surface area (Å²) in [5.41, 5.74) is 4.09. The van der Waals surface area contributed by atoms with Crippen LogP contribution in [0.25, 0.3) is 11.0 Å². The molecule has 3 rings (SSSR count). The van der Waals surface area contributed by atoms with Crippen LogP contribution >= 0.6 is 15.9 Å². The van der Waals surface area contributed by atoms with E-state index in [0.29, 0.717) is 12.5 Å². The lowest BCUT2D eigenvalue weighted by molar-refractivity contribution is 0.294. The smallest absolute Gasteiger partial charge is 0.215 e. The van der Waals surface area contributed by atoms with Gasteiger partial charge in [0.2, 0.25) is 5.88 Å². The number of aryl methyl sites for hydroxylation is 3. The van der Waals surface area contributed by atoms with Gasteiger partial charge >= 0.3 is 0 Å². The van der Waals surface area contributed by atoms with E-state index in [4.69, 9.17) is 4.74 Å². The molecule has 0 aliphatic rings. The molecule has 108 valence electrons. The fraction of sp³-hybridized carbons (Fsp3) is 0.250. The van der Waals surface area contributed by atoms with Crippen molar-refractivity contribution in [3.8, 4) is 5.88 Å². The lowest BCUT2D eigenvalue weighted by atomic mass is 10.2. The molecule has 0 bridgehead atoms. The number of pyridine rings is 1. The van der Waals surface area contributed by atoms with Crippen molar-refractivity contribution < 1.29 is 4.74 Å². The third kappa shape index (κ3) is 2.78. The molecule has 0 aliphatic carbocycles. The van der Waals surface area contributed by atoms with Gasteiger partial charge in [-0.3, -0.25) is 4.68 Å². The van der Waals surface area contributed by atoms with Gasteiger partial charge in [0.1, 0.15) is 6.61 Å². The molecule has 2 heterocycles. The van der Waals surface area contributed by atoms with Crippen molar-refractivity contribution in [2.24, 2.45) is 7.05 Å². The number of aromatic nitrogens is 3. The average Bonchev–Trinajstić information content (AvgIpc) is 2.72. The molecule has 21 heavy (non-hydrogen) atoms. The number of fused-ring (bicyclic) bond motifs is 1. The molecule has 0 N–H and O–H groups in total. The first-order valence-electron chi connectivity index (χ1n) is 6.73. The van der Waals surface area contributed by atoms with Crippen LogP contribution in [0.3, 0.4) is 0 Å². The summed E-state index contributed by atoms with van der Waals surface area (Å²) < 4.78 is 8.67. The van der Waals surface area contributed by atoms with Crippen LogP contribution in [0, 0.1) is 13.8 Å². The van der Waals surface area contributed by atoms with Crippen LogP contribution in [0.5, 0.6) is 5.88 Å². The summed E-state index contributed by atoms with van der Waals surface area (Å²) in [6.07, 6.45) is 0. The molecule has 0 spiro atoms. The maximum Gasteiger partial charge on any atom is 0.215 e. The first-order chi connectivity index (χ1) is 10.0. The van der Waals surface area contributed by atoms with Crippen LogP contribution in [0.1, 0.15) is 16.8 Å². The fourth-order valence-electron chi connectivity index (χ4n) is 2.49. The van der Waals surface area contributed by atoms with Crippen LogP contribution < -0.4 is 4.74 Å². The van der Waals surface area contributed by atoms with E-state index in [-0.39, 0.29) is 0 Å². The van der Waals surface area contributed by atoms with Crippen LogP contribution in [0.2, 0.25) is 0 Å².